The van der Waals surface area contributed by atoms with Crippen molar-refractivity contribution in [2.24, 2.45) is 13.0 Å². The van der Waals surface area contributed by atoms with Gasteiger partial charge < -0.3 is 14.8 Å². The molecular weight excluding hydrogens is 318 g/mol. The van der Waals surface area contributed by atoms with Crippen LogP contribution in [-0.4, -0.2) is 43.4 Å². The molecule has 3 rings (SSSR count). The third-order valence-corrected chi connectivity index (χ3v) is 4.49. The maximum atomic E-state index is 12.4. The molecule has 2 atom stereocenters. The molecule has 1 N–H and O–H groups in total. The summed E-state index contributed by atoms with van der Waals surface area (Å²) in [5.41, 5.74) is 1.06. The van der Waals surface area contributed by atoms with Crippen LogP contribution in [-0.2, 0) is 11.8 Å². The van der Waals surface area contributed by atoms with E-state index in [4.69, 9.17) is 5.26 Å². The van der Waals surface area contributed by atoms with Gasteiger partial charge in [0.25, 0.3) is 0 Å². The van der Waals surface area contributed by atoms with Crippen molar-refractivity contribution in [3.05, 3.63) is 35.7 Å². The SMILES string of the molecule is CCN1C(=O)C[C@@H](CNc2nc(C)cc(C#N)n2)[C@@H]1c1nccn1C. The number of rotatable bonds is 5. The van der Waals surface area contributed by atoms with Gasteiger partial charge in [-0.25, -0.2) is 15.0 Å². The van der Waals surface area contributed by atoms with Gasteiger partial charge in [0, 0.05) is 50.6 Å². The predicted molar refractivity (Wildman–Crippen MR) is 91.4 cm³/mol. The van der Waals surface area contributed by atoms with Crippen LogP contribution in [0.3, 0.4) is 0 Å². The van der Waals surface area contributed by atoms with Gasteiger partial charge in [0.05, 0.1) is 6.04 Å². The van der Waals surface area contributed by atoms with E-state index in [1.165, 1.54) is 0 Å². The van der Waals surface area contributed by atoms with Gasteiger partial charge in [-0.05, 0) is 19.9 Å². The second kappa shape index (κ2) is 6.89. The van der Waals surface area contributed by atoms with Crippen LogP contribution in [0, 0.1) is 24.2 Å². The largest absolute Gasteiger partial charge is 0.354 e. The van der Waals surface area contributed by atoms with Crippen LogP contribution < -0.4 is 5.32 Å². The molecular formula is C17H21N7O. The molecule has 0 spiro atoms. The molecule has 25 heavy (non-hydrogen) atoms. The first-order chi connectivity index (χ1) is 12.0. The Balaban J connectivity index is 1.81. The van der Waals surface area contributed by atoms with Crippen molar-refractivity contribution >= 4 is 11.9 Å². The highest BCUT2D eigenvalue weighted by Gasteiger charge is 2.41. The highest BCUT2D eigenvalue weighted by atomic mass is 16.2. The van der Waals surface area contributed by atoms with E-state index in [1.807, 2.05) is 42.6 Å². The van der Waals surface area contributed by atoms with Gasteiger partial charge in [-0.15, -0.1) is 0 Å². The molecule has 2 aromatic rings. The molecule has 0 unspecified atom stereocenters. The molecule has 1 amide bonds. The van der Waals surface area contributed by atoms with Crippen LogP contribution in [0.25, 0.3) is 0 Å². The lowest BCUT2D eigenvalue weighted by Crippen LogP contribution is -2.32. The Bertz CT molecular complexity index is 823. The average Bonchev–Trinajstić information content (AvgIpc) is 3.14. The van der Waals surface area contributed by atoms with E-state index in [0.717, 1.165) is 11.5 Å². The number of nitrogens with one attached hydrogen (secondary N) is 1. The number of aryl methyl sites for hydroxylation is 2. The Morgan fingerprint density at radius 2 is 2.24 bits per heavy atom. The summed E-state index contributed by atoms with van der Waals surface area (Å²) in [5, 5.41) is 12.2. The van der Waals surface area contributed by atoms with Crippen molar-refractivity contribution < 1.29 is 4.79 Å². The first-order valence-electron chi connectivity index (χ1n) is 8.29. The minimum atomic E-state index is -0.0785. The average molecular weight is 339 g/mol. The van der Waals surface area contributed by atoms with Crippen LogP contribution in [0.2, 0.25) is 0 Å². The molecule has 0 saturated carbocycles. The summed E-state index contributed by atoms with van der Waals surface area (Å²) in [6, 6.07) is 3.59. The molecule has 130 valence electrons. The normalized spacial score (nSPS) is 19.9. The van der Waals surface area contributed by atoms with Crippen molar-refractivity contribution in [2.75, 3.05) is 18.4 Å². The number of hydrogen-bond donors (Lipinski definition) is 1. The Kier molecular flexibility index (Phi) is 4.65. The summed E-state index contributed by atoms with van der Waals surface area (Å²) in [5.74, 6) is 1.48. The summed E-state index contributed by atoms with van der Waals surface area (Å²) in [7, 11) is 1.94. The van der Waals surface area contributed by atoms with E-state index >= 15 is 0 Å². The topological polar surface area (TPSA) is 99.7 Å². The summed E-state index contributed by atoms with van der Waals surface area (Å²) < 4.78 is 1.95. The van der Waals surface area contributed by atoms with Gasteiger partial charge in [-0.2, -0.15) is 5.26 Å². The zero-order valence-electron chi connectivity index (χ0n) is 14.6. The highest BCUT2D eigenvalue weighted by Crippen LogP contribution is 2.36. The lowest BCUT2D eigenvalue weighted by molar-refractivity contribution is -0.128. The predicted octanol–water partition coefficient (Wildman–Crippen LogP) is 1.41. The zero-order chi connectivity index (χ0) is 18.0. The summed E-state index contributed by atoms with van der Waals surface area (Å²) in [6.07, 6.45) is 4.09. The van der Waals surface area contributed by atoms with E-state index in [9.17, 15) is 4.79 Å². The molecule has 1 aliphatic heterocycles. The van der Waals surface area contributed by atoms with Crippen LogP contribution in [0.1, 0.15) is 36.6 Å². The Morgan fingerprint density at radius 3 is 2.88 bits per heavy atom. The van der Waals surface area contributed by atoms with Gasteiger partial charge in [0.2, 0.25) is 11.9 Å². The first kappa shape index (κ1) is 16.9. The Hall–Kier alpha value is -2.95. The first-order valence-corrected chi connectivity index (χ1v) is 8.29. The lowest BCUT2D eigenvalue weighted by Gasteiger charge is -2.27. The van der Waals surface area contributed by atoms with E-state index in [0.29, 0.717) is 31.2 Å². The number of hydrogen-bond acceptors (Lipinski definition) is 6. The molecule has 0 radical (unpaired) electrons. The van der Waals surface area contributed by atoms with Crippen molar-refractivity contribution in [1.29, 1.82) is 5.26 Å². The monoisotopic (exact) mass is 339 g/mol. The van der Waals surface area contributed by atoms with Crippen molar-refractivity contribution in [1.82, 2.24) is 24.4 Å². The van der Waals surface area contributed by atoms with Crippen LogP contribution in [0.4, 0.5) is 5.95 Å². The molecule has 3 heterocycles. The lowest BCUT2D eigenvalue weighted by atomic mass is 9.99. The molecule has 2 aromatic heterocycles. The number of carbonyl (C=O) groups excluding carboxylic acids is 1. The minimum Gasteiger partial charge on any atom is -0.354 e. The molecule has 1 fully saturated rings. The van der Waals surface area contributed by atoms with Crippen molar-refractivity contribution in [2.45, 2.75) is 26.3 Å². The fraction of sp³-hybridized carbons (Fsp3) is 0.471. The number of aromatic nitrogens is 4. The Morgan fingerprint density at radius 1 is 1.44 bits per heavy atom. The van der Waals surface area contributed by atoms with E-state index in [1.54, 1.807) is 12.3 Å². The van der Waals surface area contributed by atoms with Gasteiger partial charge in [-0.1, -0.05) is 0 Å². The van der Waals surface area contributed by atoms with Gasteiger partial charge in [0.1, 0.15) is 17.6 Å². The van der Waals surface area contributed by atoms with Gasteiger partial charge in [-0.3, -0.25) is 4.79 Å². The standard InChI is InChI=1S/C17H21N7O/c1-4-24-14(25)8-12(15(24)16-19-5-6-23(16)3)10-20-17-21-11(2)7-13(9-18)22-17/h5-7,12,15H,4,8,10H2,1-3H3,(H,20,21,22)/t12-,15+/m0/s1. The number of anilines is 1. The number of likely N-dealkylation sites (tertiary alicyclic amines) is 1. The third-order valence-electron chi connectivity index (χ3n) is 4.49. The zero-order valence-corrected chi connectivity index (χ0v) is 14.6. The van der Waals surface area contributed by atoms with Crippen molar-refractivity contribution in [3.63, 3.8) is 0 Å². The minimum absolute atomic E-state index is 0.0585. The van der Waals surface area contributed by atoms with Crippen LogP contribution in [0.5, 0.6) is 0 Å². The van der Waals surface area contributed by atoms with Crippen LogP contribution >= 0.6 is 0 Å². The second-order valence-electron chi connectivity index (χ2n) is 6.20. The summed E-state index contributed by atoms with van der Waals surface area (Å²) >= 11 is 0. The molecule has 0 aliphatic carbocycles. The number of nitrogens with zero attached hydrogens (tertiary/aromatic N) is 6. The molecule has 1 saturated heterocycles. The Labute approximate surface area is 146 Å². The number of carbonyl (C=O) groups is 1. The third kappa shape index (κ3) is 3.31. The van der Waals surface area contributed by atoms with E-state index < -0.39 is 0 Å². The fourth-order valence-electron chi connectivity index (χ4n) is 3.36. The highest BCUT2D eigenvalue weighted by molar-refractivity contribution is 5.79. The number of amides is 1. The smallest absolute Gasteiger partial charge is 0.224 e. The van der Waals surface area contributed by atoms with Crippen LogP contribution in [0.15, 0.2) is 18.5 Å². The second-order valence-corrected chi connectivity index (χ2v) is 6.20. The maximum absolute atomic E-state index is 12.4. The maximum Gasteiger partial charge on any atom is 0.224 e. The van der Waals surface area contributed by atoms with Gasteiger partial charge >= 0.3 is 0 Å². The fourth-order valence-corrected chi connectivity index (χ4v) is 3.36. The molecule has 8 nitrogen and oxygen atoms in total. The molecule has 0 bridgehead atoms. The van der Waals surface area contributed by atoms with E-state index in [-0.39, 0.29) is 17.9 Å². The van der Waals surface area contributed by atoms with E-state index in [2.05, 4.69) is 20.3 Å². The summed E-state index contributed by atoms with van der Waals surface area (Å²) in [4.78, 5) is 27.2. The number of nitriles is 1. The molecule has 1 aliphatic rings. The molecule has 8 heteroatoms. The quantitative estimate of drug-likeness (QED) is 0.884. The summed E-state index contributed by atoms with van der Waals surface area (Å²) in [6.45, 7) is 4.98. The molecule has 0 aromatic carbocycles. The number of imidazole rings is 1. The van der Waals surface area contributed by atoms with Crippen molar-refractivity contribution in [3.8, 4) is 6.07 Å². The van der Waals surface area contributed by atoms with Gasteiger partial charge in [0.15, 0.2) is 0 Å².